The van der Waals surface area contributed by atoms with Crippen LogP contribution >= 0.6 is 0 Å². The second-order valence-corrected chi connectivity index (χ2v) is 3.22. The Morgan fingerprint density at radius 2 is 0.857 bits per heavy atom. The molecule has 0 saturated carbocycles. The van der Waals surface area contributed by atoms with Crippen molar-refractivity contribution in [3.63, 3.8) is 0 Å². The van der Waals surface area contributed by atoms with E-state index in [2.05, 4.69) is 13.8 Å². The summed E-state index contributed by atoms with van der Waals surface area (Å²) in [6, 6.07) is 0.213. The van der Waals surface area contributed by atoms with Crippen molar-refractivity contribution in [2.45, 2.75) is 46.1 Å². The Labute approximate surface area is 204 Å². The van der Waals surface area contributed by atoms with E-state index in [1.54, 1.807) is 20.8 Å². The number of hydrogen-bond acceptors (Lipinski definition) is 9. The molecule has 1 atom stereocenters. The normalized spacial score (nSPS) is 7.18. The van der Waals surface area contributed by atoms with Gasteiger partial charge in [0, 0.05) is 84.6 Å². The van der Waals surface area contributed by atoms with E-state index in [1.807, 2.05) is 0 Å². The van der Waals surface area contributed by atoms with Crippen LogP contribution in [0.15, 0.2) is 0 Å². The number of nitrogens with two attached hydrogens (primary N) is 3. The van der Waals surface area contributed by atoms with Crippen LogP contribution in [0.4, 0.5) is 0 Å². The van der Waals surface area contributed by atoms with Gasteiger partial charge in [0.2, 0.25) is 0 Å². The quantitative estimate of drug-likeness (QED) is 0.173. The molecular formula is C17H51N3O6Ti2-2. The first-order valence-electron chi connectivity index (χ1n) is 8.38. The maximum absolute atomic E-state index is 7.57. The molecule has 0 heterocycles. The first kappa shape index (κ1) is 63.0. The monoisotopic (exact) mass is 489 g/mol. The van der Waals surface area contributed by atoms with Gasteiger partial charge in [0.25, 0.3) is 0 Å². The van der Waals surface area contributed by atoms with Crippen molar-refractivity contribution < 1.29 is 74.1 Å². The van der Waals surface area contributed by atoms with Gasteiger partial charge in [-0.3, -0.25) is 0 Å². The van der Waals surface area contributed by atoms with Crippen LogP contribution in [0, 0.1) is 13.8 Å². The van der Waals surface area contributed by atoms with Crippen LogP contribution in [0.3, 0.4) is 0 Å². The summed E-state index contributed by atoms with van der Waals surface area (Å²) in [4.78, 5) is 0. The zero-order valence-corrected chi connectivity index (χ0v) is 22.2. The minimum Gasteiger partial charge on any atom is -0.400 e. The molecule has 0 spiro atoms. The van der Waals surface area contributed by atoms with Crippen molar-refractivity contribution >= 4 is 0 Å². The molecule has 0 radical (unpaired) electrons. The van der Waals surface area contributed by atoms with Gasteiger partial charge in [0.15, 0.2) is 0 Å². The molecule has 0 bridgehead atoms. The summed E-state index contributed by atoms with van der Waals surface area (Å²) in [6.45, 7) is 14.3. The molecule has 0 aromatic heterocycles. The molecule has 11 heteroatoms. The summed E-state index contributed by atoms with van der Waals surface area (Å²) >= 11 is 0. The molecule has 0 saturated heterocycles. The Morgan fingerprint density at radius 3 is 0.893 bits per heavy atom. The Balaban J connectivity index is -0.0000000172. The zero-order chi connectivity index (χ0) is 23.2. The number of hydrogen-bond donors (Lipinski definition) is 9. The van der Waals surface area contributed by atoms with Gasteiger partial charge < -0.3 is 61.7 Å². The SMILES string of the molecule is CCO.CCO.CCO.CO.CO.CO.[CH2-]CC(N)CCN.[CH2-]CCN.[Ti].[Ti]. The van der Waals surface area contributed by atoms with Crippen LogP contribution < -0.4 is 17.2 Å². The van der Waals surface area contributed by atoms with Crippen LogP contribution in [0.5, 0.6) is 0 Å². The standard InChI is InChI=1S/C5H13N2.C3H8N.3C2H6O.3CH4O.2Ti/c1-2-5(7)3-4-6;1-2-3-4;3*1-2-3;3*1-2;;/h5H,1-4,6-7H2;1-4H2;3*3H,2H2,1H3;3*2H,1H3;;/q2*-1;;;;;;;;. The molecule has 0 fully saturated rings. The van der Waals surface area contributed by atoms with E-state index < -0.39 is 0 Å². The van der Waals surface area contributed by atoms with E-state index in [1.165, 1.54) is 0 Å². The van der Waals surface area contributed by atoms with Crippen LogP contribution in [-0.2, 0) is 43.4 Å². The number of rotatable bonds is 4. The van der Waals surface area contributed by atoms with Crippen LogP contribution in [0.2, 0.25) is 0 Å². The summed E-state index contributed by atoms with van der Waals surface area (Å²) in [5.74, 6) is 0. The van der Waals surface area contributed by atoms with Crippen LogP contribution in [0.1, 0.15) is 40.0 Å². The van der Waals surface area contributed by atoms with E-state index in [9.17, 15) is 0 Å². The summed E-state index contributed by atoms with van der Waals surface area (Å²) in [5.41, 5.74) is 15.6. The van der Waals surface area contributed by atoms with E-state index in [4.69, 9.17) is 47.8 Å². The molecule has 12 N–H and O–H groups in total. The molecule has 0 amide bonds. The molecule has 0 aliphatic carbocycles. The Morgan fingerprint density at radius 1 is 0.679 bits per heavy atom. The van der Waals surface area contributed by atoms with E-state index in [0.717, 1.165) is 40.6 Å². The van der Waals surface area contributed by atoms with Crippen molar-refractivity contribution in [2.24, 2.45) is 17.2 Å². The predicted molar refractivity (Wildman–Crippen MR) is 113 cm³/mol. The fourth-order valence-corrected chi connectivity index (χ4v) is 0.358. The molecule has 0 aromatic carbocycles. The van der Waals surface area contributed by atoms with E-state index >= 15 is 0 Å². The third-order valence-corrected chi connectivity index (χ3v) is 1.11. The van der Waals surface area contributed by atoms with Crippen molar-refractivity contribution in [3.8, 4) is 0 Å². The average molecular weight is 489 g/mol. The van der Waals surface area contributed by atoms with Gasteiger partial charge in [0.05, 0.1) is 0 Å². The van der Waals surface area contributed by atoms with Crippen LogP contribution in [-0.4, -0.2) is 90.9 Å². The molecule has 0 aliphatic rings. The molecule has 28 heavy (non-hydrogen) atoms. The molecular weight excluding hydrogens is 438 g/mol. The minimum absolute atomic E-state index is 0. The molecule has 9 nitrogen and oxygen atoms in total. The van der Waals surface area contributed by atoms with Crippen molar-refractivity contribution in [2.75, 3.05) is 54.2 Å². The van der Waals surface area contributed by atoms with Crippen molar-refractivity contribution in [1.82, 2.24) is 0 Å². The minimum atomic E-state index is 0. The van der Waals surface area contributed by atoms with Gasteiger partial charge in [0.1, 0.15) is 0 Å². The third kappa shape index (κ3) is 368. The first-order valence-corrected chi connectivity index (χ1v) is 8.38. The average Bonchev–Trinajstić information content (AvgIpc) is 2.69. The zero-order valence-electron chi connectivity index (χ0n) is 19.1. The number of aliphatic hydroxyl groups excluding tert-OH is 6. The molecule has 180 valence electrons. The van der Waals surface area contributed by atoms with Crippen molar-refractivity contribution in [3.05, 3.63) is 13.8 Å². The maximum atomic E-state index is 7.57. The maximum Gasteiger partial charge on any atom is 0.0402 e. The number of aliphatic hydroxyl groups is 6. The second-order valence-electron chi connectivity index (χ2n) is 3.22. The first-order chi connectivity index (χ1) is 12.5. The van der Waals surface area contributed by atoms with Crippen molar-refractivity contribution in [1.29, 1.82) is 0 Å². The van der Waals surface area contributed by atoms with E-state index in [-0.39, 0.29) is 69.3 Å². The predicted octanol–water partition coefficient (Wildman–Crippen LogP) is -1.13. The van der Waals surface area contributed by atoms with Gasteiger partial charge in [-0.2, -0.15) is 12.8 Å². The smallest absolute Gasteiger partial charge is 0.0402 e. The second kappa shape index (κ2) is 141. The summed E-state index contributed by atoms with van der Waals surface area (Å²) in [5, 5.41) is 43.7. The largest absolute Gasteiger partial charge is 0.400 e. The Hall–Kier alpha value is 1.07. The third-order valence-electron chi connectivity index (χ3n) is 1.11. The fourth-order valence-electron chi connectivity index (χ4n) is 0.358. The molecule has 1 unspecified atom stereocenters. The molecule has 0 aliphatic heterocycles. The van der Waals surface area contributed by atoms with Gasteiger partial charge >= 0.3 is 0 Å². The Kier molecular flexibility index (Phi) is 318. The van der Waals surface area contributed by atoms with Gasteiger partial charge in [-0.05, 0) is 46.3 Å². The topological polar surface area (TPSA) is 199 Å². The van der Waals surface area contributed by atoms with E-state index in [0.29, 0.717) is 13.1 Å². The van der Waals surface area contributed by atoms with Gasteiger partial charge in [-0.15, -0.1) is 0 Å². The summed E-state index contributed by atoms with van der Waals surface area (Å²) in [6.07, 6.45) is 2.53. The van der Waals surface area contributed by atoms with Gasteiger partial charge in [-0.25, -0.2) is 0 Å². The fraction of sp³-hybridized carbons (Fsp3) is 0.882. The Bertz CT molecular complexity index is 112. The summed E-state index contributed by atoms with van der Waals surface area (Å²) < 4.78 is 0. The molecule has 0 aromatic rings. The van der Waals surface area contributed by atoms with Crippen LogP contribution in [0.25, 0.3) is 0 Å². The van der Waals surface area contributed by atoms with Gasteiger partial charge in [-0.1, -0.05) is 0 Å². The molecule has 0 rings (SSSR count). The summed E-state index contributed by atoms with van der Waals surface area (Å²) in [7, 11) is 3.00.